The normalized spacial score (nSPS) is 15.7. The van der Waals surface area contributed by atoms with Crippen LogP contribution in [0.4, 0.5) is 4.79 Å². The summed E-state index contributed by atoms with van der Waals surface area (Å²) in [5.41, 5.74) is 3.50. The van der Waals surface area contributed by atoms with E-state index in [0.29, 0.717) is 32.3 Å². The van der Waals surface area contributed by atoms with Crippen LogP contribution in [0.15, 0.2) is 0 Å². The highest BCUT2D eigenvalue weighted by molar-refractivity contribution is 6.59. The highest BCUT2D eigenvalue weighted by Crippen LogP contribution is 2.27. The van der Waals surface area contributed by atoms with Crippen molar-refractivity contribution in [1.29, 1.82) is 0 Å². The second-order valence-corrected chi connectivity index (χ2v) is 11.7. The fourth-order valence-electron chi connectivity index (χ4n) is 4.36. The van der Waals surface area contributed by atoms with Gasteiger partial charge < -0.3 is 31.2 Å². The lowest BCUT2D eigenvalue weighted by Crippen LogP contribution is -2.54. The molecule has 5 N–H and O–H groups in total. The number of likely N-dealkylation sites (tertiary alicyclic amines) is 1. The van der Waals surface area contributed by atoms with E-state index < -0.39 is 35.2 Å². The molecule has 1 heterocycles. The molecular formula is C26H46BN5O7. The van der Waals surface area contributed by atoms with Gasteiger partial charge in [0.25, 0.3) is 0 Å². The second kappa shape index (κ2) is 15.0. The number of hydrogen-bond donors (Lipinski definition) is 4. The molecule has 39 heavy (non-hydrogen) atoms. The molecule has 0 radical (unpaired) electrons. The molecule has 12 nitrogen and oxygen atoms in total. The van der Waals surface area contributed by atoms with E-state index in [0.717, 1.165) is 0 Å². The molecule has 13 heteroatoms. The Kier molecular flexibility index (Phi) is 13.1. The Bertz CT molecular complexity index is 906. The quantitative estimate of drug-likeness (QED) is 0.113. The third-order valence-corrected chi connectivity index (χ3v) is 6.86. The molecule has 0 aliphatic carbocycles. The van der Waals surface area contributed by atoms with Crippen LogP contribution >= 0.6 is 0 Å². The van der Waals surface area contributed by atoms with E-state index in [2.05, 4.69) is 16.0 Å². The third-order valence-electron chi connectivity index (χ3n) is 6.86. The number of nitrogens with one attached hydrogen (secondary N) is 3. The molecule has 2 atom stereocenters. The van der Waals surface area contributed by atoms with Gasteiger partial charge in [-0.3, -0.25) is 24.1 Å². The molecule has 1 aliphatic heterocycles. The van der Waals surface area contributed by atoms with E-state index in [4.69, 9.17) is 10.5 Å². The minimum atomic E-state index is -0.830. The first-order chi connectivity index (χ1) is 18.0. The maximum atomic E-state index is 12.9. The zero-order valence-electron chi connectivity index (χ0n) is 24.5. The summed E-state index contributed by atoms with van der Waals surface area (Å²) < 4.78 is 6.01. The van der Waals surface area contributed by atoms with Crippen molar-refractivity contribution in [3.63, 3.8) is 0 Å². The number of carbonyl (C=O) groups excluding carboxylic acids is 6. The Labute approximate surface area is 232 Å². The van der Waals surface area contributed by atoms with Gasteiger partial charge in [0, 0.05) is 38.0 Å². The van der Waals surface area contributed by atoms with E-state index in [9.17, 15) is 28.8 Å². The number of carbonyl (C=O) groups is 6. The highest BCUT2D eigenvalue weighted by Gasteiger charge is 2.40. The van der Waals surface area contributed by atoms with Crippen molar-refractivity contribution in [3.05, 3.63) is 0 Å². The summed E-state index contributed by atoms with van der Waals surface area (Å²) in [6, 6.07) is -2.23. The van der Waals surface area contributed by atoms with E-state index >= 15 is 0 Å². The van der Waals surface area contributed by atoms with Gasteiger partial charge in [-0.15, -0.1) is 0 Å². The zero-order valence-corrected chi connectivity index (χ0v) is 24.5. The Morgan fingerprint density at radius 2 is 1.62 bits per heavy atom. The number of rotatable bonds is 17. The van der Waals surface area contributed by atoms with Gasteiger partial charge in [-0.1, -0.05) is 13.8 Å². The molecule has 0 aromatic heterocycles. The molecule has 220 valence electrons. The van der Waals surface area contributed by atoms with Crippen LogP contribution in [-0.2, 0) is 28.7 Å². The van der Waals surface area contributed by atoms with E-state index in [1.54, 1.807) is 13.8 Å². The summed E-state index contributed by atoms with van der Waals surface area (Å²) in [5, 5.41) is 7.92. The van der Waals surface area contributed by atoms with Gasteiger partial charge in [-0.25, -0.2) is 4.79 Å². The number of hydrogen-bond acceptors (Lipinski definition) is 7. The minimum Gasteiger partial charge on any atom is -0.375 e. The Hall–Kier alpha value is -2.96. The lowest BCUT2D eigenvalue weighted by molar-refractivity contribution is -0.145. The molecular weight excluding hydrogens is 505 g/mol. The van der Waals surface area contributed by atoms with Gasteiger partial charge in [0.05, 0.1) is 11.6 Å². The van der Waals surface area contributed by atoms with Gasteiger partial charge in [-0.05, 0) is 59.3 Å². The molecule has 1 rings (SSSR count). The van der Waals surface area contributed by atoms with Crippen molar-refractivity contribution in [2.24, 2.45) is 11.7 Å². The van der Waals surface area contributed by atoms with Crippen molar-refractivity contribution >= 4 is 43.2 Å². The number of urea groups is 1. The average Bonchev–Trinajstić information content (AvgIpc) is 3.15. The van der Waals surface area contributed by atoms with Crippen molar-refractivity contribution in [3.8, 4) is 0 Å². The number of ether oxygens (including phenoxy) is 1. The molecule has 1 fully saturated rings. The summed E-state index contributed by atoms with van der Waals surface area (Å²) in [5.74, 6) is -1.33. The summed E-state index contributed by atoms with van der Waals surface area (Å²) in [7, 11) is 1.37. The van der Waals surface area contributed by atoms with E-state index in [1.165, 1.54) is 12.7 Å². The molecule has 0 spiro atoms. The van der Waals surface area contributed by atoms with Crippen LogP contribution in [0.3, 0.4) is 0 Å². The second-order valence-electron chi connectivity index (χ2n) is 11.7. The van der Waals surface area contributed by atoms with Crippen molar-refractivity contribution in [1.82, 2.24) is 20.9 Å². The summed E-state index contributed by atoms with van der Waals surface area (Å²) in [6.07, 6.45) is 2.21. The topological polar surface area (TPSA) is 177 Å². The third kappa shape index (κ3) is 11.8. The molecule has 1 unspecified atom stereocenters. The van der Waals surface area contributed by atoms with Crippen LogP contribution in [0.5, 0.6) is 0 Å². The largest absolute Gasteiger partial charge is 0.375 e. The number of imide groups is 1. The minimum absolute atomic E-state index is 0.116. The fourth-order valence-corrected chi connectivity index (χ4v) is 4.36. The standard InChI is InChI=1S/C26H46BN5O7/c1-16(2)21(23(37)30-17(22(27)36)8-7-14-29-24(28)38)31-18(33)11-12-26(5,6)39-15-13-25(3,4)32-19(34)9-10-20(32)35/h16-17,21H,7-15,27H2,1-6H3,(H,30,37)(H,31,33)(H3,28,29,38)/t17-,21?/m0/s1. The molecule has 0 saturated carbocycles. The highest BCUT2D eigenvalue weighted by atomic mass is 16.5. The van der Waals surface area contributed by atoms with Crippen molar-refractivity contribution in [2.45, 2.75) is 110 Å². The number of nitrogens with zero attached hydrogens (tertiary/aromatic N) is 1. The van der Waals surface area contributed by atoms with Gasteiger partial charge >= 0.3 is 6.03 Å². The van der Waals surface area contributed by atoms with Crippen LogP contribution in [-0.4, -0.2) is 84.5 Å². The van der Waals surface area contributed by atoms with E-state index in [1.807, 2.05) is 27.7 Å². The van der Waals surface area contributed by atoms with Crippen LogP contribution in [0.1, 0.15) is 86.5 Å². The predicted molar refractivity (Wildman–Crippen MR) is 148 cm³/mol. The Morgan fingerprint density at radius 1 is 1.03 bits per heavy atom. The van der Waals surface area contributed by atoms with Gasteiger partial charge in [0.2, 0.25) is 23.6 Å². The summed E-state index contributed by atoms with van der Waals surface area (Å²) >= 11 is 0. The predicted octanol–water partition coefficient (Wildman–Crippen LogP) is 0.113. The molecule has 1 saturated heterocycles. The van der Waals surface area contributed by atoms with E-state index in [-0.39, 0.29) is 55.1 Å². The lowest BCUT2D eigenvalue weighted by Gasteiger charge is -2.35. The van der Waals surface area contributed by atoms with Crippen LogP contribution in [0.25, 0.3) is 0 Å². The SMILES string of the molecule is BC(=O)[C@H](CCCNC(N)=O)NC(=O)C(NC(=O)CCC(C)(C)OCCC(C)(C)N1C(=O)CCC1=O)C(C)C. The van der Waals surface area contributed by atoms with Gasteiger partial charge in [-0.2, -0.15) is 0 Å². The van der Waals surface area contributed by atoms with Gasteiger partial charge in [0.15, 0.2) is 7.85 Å². The van der Waals surface area contributed by atoms with Crippen molar-refractivity contribution < 1.29 is 33.5 Å². The lowest BCUT2D eigenvalue weighted by atomic mass is 9.91. The zero-order chi connectivity index (χ0) is 30.0. The molecule has 0 aromatic carbocycles. The first-order valence-corrected chi connectivity index (χ1v) is 13.6. The maximum absolute atomic E-state index is 12.9. The molecule has 6 amide bonds. The smallest absolute Gasteiger partial charge is 0.312 e. The first kappa shape index (κ1) is 34.1. The van der Waals surface area contributed by atoms with Gasteiger partial charge in [0.1, 0.15) is 11.7 Å². The molecule has 0 aromatic rings. The molecule has 1 aliphatic rings. The number of nitrogens with two attached hydrogens (primary N) is 1. The Balaban J connectivity index is 2.58. The number of amides is 6. The van der Waals surface area contributed by atoms with Crippen LogP contribution in [0.2, 0.25) is 0 Å². The number of primary amides is 1. The maximum Gasteiger partial charge on any atom is 0.312 e. The Morgan fingerprint density at radius 3 is 2.13 bits per heavy atom. The fraction of sp³-hybridized carbons (Fsp3) is 0.769. The van der Waals surface area contributed by atoms with Crippen LogP contribution in [0, 0.1) is 5.92 Å². The summed E-state index contributed by atoms with van der Waals surface area (Å²) in [6.45, 7) is 11.6. The first-order valence-electron chi connectivity index (χ1n) is 13.6. The summed E-state index contributed by atoms with van der Waals surface area (Å²) in [4.78, 5) is 74.0. The average molecular weight is 551 g/mol. The monoisotopic (exact) mass is 551 g/mol. The van der Waals surface area contributed by atoms with Crippen molar-refractivity contribution in [2.75, 3.05) is 13.2 Å². The van der Waals surface area contributed by atoms with Crippen LogP contribution < -0.4 is 21.7 Å². The molecule has 0 bridgehead atoms.